The third kappa shape index (κ3) is 4.11. The second kappa shape index (κ2) is 7.12. The first-order valence-corrected chi connectivity index (χ1v) is 7.13. The van der Waals surface area contributed by atoms with E-state index < -0.39 is 5.60 Å². The maximum Gasteiger partial charge on any atom is 0.153 e. The van der Waals surface area contributed by atoms with E-state index in [1.165, 1.54) is 12.8 Å². The number of carbonyl (C=O) groups excluding carboxylic acids is 1. The molecule has 106 valence electrons. The molecule has 3 heteroatoms. The number of para-hydroxylation sites is 1. The van der Waals surface area contributed by atoms with Crippen LogP contribution in [0.4, 0.5) is 0 Å². The van der Waals surface area contributed by atoms with E-state index in [2.05, 4.69) is 11.8 Å². The van der Waals surface area contributed by atoms with Crippen LogP contribution in [-0.2, 0) is 0 Å². The van der Waals surface area contributed by atoms with Crippen LogP contribution >= 0.6 is 0 Å². The van der Waals surface area contributed by atoms with Crippen molar-refractivity contribution in [1.82, 2.24) is 0 Å². The minimum atomic E-state index is -0.857. The van der Waals surface area contributed by atoms with Gasteiger partial charge in [-0.1, -0.05) is 36.8 Å². The highest BCUT2D eigenvalue weighted by atomic mass is 16.5. The lowest BCUT2D eigenvalue weighted by Gasteiger charge is -2.19. The molecule has 0 saturated heterocycles. The van der Waals surface area contributed by atoms with Gasteiger partial charge in [-0.2, -0.15) is 0 Å². The first-order valence-electron chi connectivity index (χ1n) is 7.13. The Morgan fingerprint density at radius 3 is 2.60 bits per heavy atom. The molecule has 2 rings (SSSR count). The molecule has 0 spiro atoms. The van der Waals surface area contributed by atoms with E-state index >= 15 is 0 Å². The molecule has 1 aromatic rings. The highest BCUT2D eigenvalue weighted by Gasteiger charge is 2.25. The molecule has 0 heterocycles. The Kier molecular flexibility index (Phi) is 5.20. The maximum absolute atomic E-state index is 10.8. The first-order chi connectivity index (χ1) is 9.73. The normalized spacial score (nSPS) is 17.4. The average Bonchev–Trinajstić information content (AvgIpc) is 2.69. The van der Waals surface area contributed by atoms with E-state index in [9.17, 15) is 9.90 Å². The molecule has 1 saturated carbocycles. The predicted molar refractivity (Wildman–Crippen MR) is 77.8 cm³/mol. The Labute approximate surface area is 120 Å². The zero-order valence-corrected chi connectivity index (χ0v) is 11.6. The van der Waals surface area contributed by atoms with Gasteiger partial charge in [-0.3, -0.25) is 4.79 Å². The van der Waals surface area contributed by atoms with E-state index in [0.717, 1.165) is 32.0 Å². The lowest BCUT2D eigenvalue weighted by atomic mass is 9.95. The van der Waals surface area contributed by atoms with Crippen molar-refractivity contribution in [3.8, 4) is 17.6 Å². The molecule has 0 aromatic heterocycles. The largest absolute Gasteiger partial charge is 0.480 e. The summed E-state index contributed by atoms with van der Waals surface area (Å²) in [6.07, 6.45) is 6.65. The molecule has 0 unspecified atom stereocenters. The highest BCUT2D eigenvalue weighted by molar-refractivity contribution is 5.79. The summed E-state index contributed by atoms with van der Waals surface area (Å²) in [5, 5.41) is 10.4. The van der Waals surface area contributed by atoms with Gasteiger partial charge in [0.1, 0.15) is 18.0 Å². The van der Waals surface area contributed by atoms with Crippen LogP contribution in [0, 0.1) is 11.8 Å². The fourth-order valence-corrected chi connectivity index (χ4v) is 2.46. The number of hydrogen-bond donors (Lipinski definition) is 1. The molecule has 1 aliphatic rings. The number of hydrogen-bond acceptors (Lipinski definition) is 3. The molecule has 0 aliphatic heterocycles. The van der Waals surface area contributed by atoms with Crippen LogP contribution in [0.3, 0.4) is 0 Å². The summed E-state index contributed by atoms with van der Waals surface area (Å²) < 4.78 is 5.48. The van der Waals surface area contributed by atoms with E-state index in [1.54, 1.807) is 18.2 Å². The summed E-state index contributed by atoms with van der Waals surface area (Å²) in [5.41, 5.74) is -0.341. The quantitative estimate of drug-likeness (QED) is 0.523. The summed E-state index contributed by atoms with van der Waals surface area (Å²) in [5.74, 6) is 6.36. The number of aliphatic hydroxyl groups is 1. The van der Waals surface area contributed by atoms with Crippen LogP contribution in [0.5, 0.6) is 5.75 Å². The van der Waals surface area contributed by atoms with E-state index in [4.69, 9.17) is 4.74 Å². The molecule has 0 amide bonds. The van der Waals surface area contributed by atoms with Gasteiger partial charge in [0.15, 0.2) is 6.29 Å². The van der Waals surface area contributed by atoms with E-state index in [1.807, 2.05) is 6.07 Å². The fourth-order valence-electron chi connectivity index (χ4n) is 2.46. The molecule has 1 fully saturated rings. The van der Waals surface area contributed by atoms with Gasteiger partial charge in [-0.15, -0.1) is 0 Å². The number of rotatable bonds is 3. The summed E-state index contributed by atoms with van der Waals surface area (Å²) in [6, 6.07) is 7.05. The second-order valence-electron chi connectivity index (χ2n) is 5.19. The molecule has 1 aliphatic carbocycles. The van der Waals surface area contributed by atoms with Crippen LogP contribution in [0.15, 0.2) is 24.3 Å². The third-order valence-corrected chi connectivity index (χ3v) is 3.60. The lowest BCUT2D eigenvalue weighted by molar-refractivity contribution is 0.0846. The van der Waals surface area contributed by atoms with E-state index in [0.29, 0.717) is 11.3 Å². The van der Waals surface area contributed by atoms with Crippen molar-refractivity contribution in [1.29, 1.82) is 0 Å². The summed E-state index contributed by atoms with van der Waals surface area (Å²) in [6.45, 7) is 0.188. The van der Waals surface area contributed by atoms with Gasteiger partial charge >= 0.3 is 0 Å². The van der Waals surface area contributed by atoms with Crippen LogP contribution in [0.1, 0.15) is 48.9 Å². The smallest absolute Gasteiger partial charge is 0.153 e. The van der Waals surface area contributed by atoms with Crippen molar-refractivity contribution in [2.24, 2.45) is 0 Å². The molecular weight excluding hydrogens is 252 g/mol. The Hall–Kier alpha value is -1.79. The molecule has 0 atom stereocenters. The minimum Gasteiger partial charge on any atom is -0.480 e. The van der Waals surface area contributed by atoms with Crippen LogP contribution in [-0.4, -0.2) is 23.6 Å². The summed E-state index contributed by atoms with van der Waals surface area (Å²) >= 11 is 0. The van der Waals surface area contributed by atoms with Crippen molar-refractivity contribution in [2.75, 3.05) is 6.61 Å². The topological polar surface area (TPSA) is 46.5 Å². The van der Waals surface area contributed by atoms with Gasteiger partial charge in [0.05, 0.1) is 5.56 Å². The monoisotopic (exact) mass is 272 g/mol. The van der Waals surface area contributed by atoms with Crippen LogP contribution in [0.25, 0.3) is 0 Å². The van der Waals surface area contributed by atoms with Crippen molar-refractivity contribution in [2.45, 2.75) is 44.1 Å². The average molecular weight is 272 g/mol. The third-order valence-electron chi connectivity index (χ3n) is 3.60. The molecular formula is C17H20O3. The zero-order valence-electron chi connectivity index (χ0n) is 11.6. The van der Waals surface area contributed by atoms with Crippen LogP contribution < -0.4 is 4.74 Å². The standard InChI is InChI=1S/C17H20O3/c18-14-15-8-3-4-9-16(15)20-13-7-12-17(19)10-5-1-2-6-11-17/h3-4,8-9,14,19H,1-2,5-6,10-11,13H2. The van der Waals surface area contributed by atoms with Gasteiger partial charge < -0.3 is 9.84 Å². The first kappa shape index (κ1) is 14.6. The molecule has 1 N–H and O–H groups in total. The fraction of sp³-hybridized carbons (Fsp3) is 0.471. The molecule has 0 radical (unpaired) electrons. The van der Waals surface area contributed by atoms with Gasteiger partial charge in [-0.05, 0) is 37.8 Å². The summed E-state index contributed by atoms with van der Waals surface area (Å²) in [7, 11) is 0. The molecule has 20 heavy (non-hydrogen) atoms. The van der Waals surface area contributed by atoms with Crippen molar-refractivity contribution < 1.29 is 14.6 Å². The van der Waals surface area contributed by atoms with Crippen molar-refractivity contribution in [3.05, 3.63) is 29.8 Å². The molecule has 1 aromatic carbocycles. The van der Waals surface area contributed by atoms with Gasteiger partial charge in [0.2, 0.25) is 0 Å². The lowest BCUT2D eigenvalue weighted by Crippen LogP contribution is -2.25. The zero-order chi connectivity index (χ0) is 14.3. The van der Waals surface area contributed by atoms with Crippen LogP contribution in [0.2, 0.25) is 0 Å². The Morgan fingerprint density at radius 2 is 1.90 bits per heavy atom. The van der Waals surface area contributed by atoms with E-state index in [-0.39, 0.29) is 6.61 Å². The number of aldehydes is 1. The SMILES string of the molecule is O=Cc1ccccc1OCC#CC1(O)CCCCCC1. The second-order valence-corrected chi connectivity index (χ2v) is 5.19. The number of ether oxygens (including phenoxy) is 1. The Balaban J connectivity index is 1.92. The predicted octanol–water partition coefficient (Wildman–Crippen LogP) is 2.97. The maximum atomic E-state index is 10.8. The van der Waals surface area contributed by atoms with Gasteiger partial charge in [0, 0.05) is 0 Å². The minimum absolute atomic E-state index is 0.188. The van der Waals surface area contributed by atoms with Gasteiger partial charge in [-0.25, -0.2) is 0 Å². The molecule has 0 bridgehead atoms. The Morgan fingerprint density at radius 1 is 1.20 bits per heavy atom. The highest BCUT2D eigenvalue weighted by Crippen LogP contribution is 2.26. The summed E-state index contributed by atoms with van der Waals surface area (Å²) in [4.78, 5) is 10.8. The molecule has 3 nitrogen and oxygen atoms in total. The number of carbonyl (C=O) groups is 1. The number of benzene rings is 1. The Bertz CT molecular complexity index is 502. The van der Waals surface area contributed by atoms with Crippen molar-refractivity contribution >= 4 is 6.29 Å². The van der Waals surface area contributed by atoms with Gasteiger partial charge in [0.25, 0.3) is 0 Å². The van der Waals surface area contributed by atoms with Crippen molar-refractivity contribution in [3.63, 3.8) is 0 Å².